The second kappa shape index (κ2) is 58.1. The molecule has 0 amide bonds. The van der Waals surface area contributed by atoms with Crippen molar-refractivity contribution < 1.29 is 95.2 Å². The van der Waals surface area contributed by atoms with E-state index in [1.165, 1.54) is 24.3 Å². The van der Waals surface area contributed by atoms with Gasteiger partial charge < -0.3 is 56.8 Å². The summed E-state index contributed by atoms with van der Waals surface area (Å²) in [6, 6.07) is 37.4. The van der Waals surface area contributed by atoms with Crippen molar-refractivity contribution in [2.45, 2.75) is 225 Å². The summed E-state index contributed by atoms with van der Waals surface area (Å²) >= 11 is 0. The Morgan fingerprint density at radius 3 is 0.635 bits per heavy atom. The van der Waals surface area contributed by atoms with Crippen LogP contribution in [0.2, 0.25) is 0 Å². The van der Waals surface area contributed by atoms with Gasteiger partial charge in [0.15, 0.2) is 0 Å². The number of ether oxygens (including phenoxy) is 12. The highest BCUT2D eigenvalue weighted by molar-refractivity contribution is 5.94. The Morgan fingerprint density at radius 2 is 0.409 bits per heavy atom. The van der Waals surface area contributed by atoms with E-state index in [1.807, 2.05) is 0 Å². The van der Waals surface area contributed by atoms with Crippen LogP contribution in [0, 0.1) is 0 Å². The van der Waals surface area contributed by atoms with Gasteiger partial charge in [0.05, 0.1) is 75.1 Å². The summed E-state index contributed by atoms with van der Waals surface area (Å²) < 4.78 is 68.2. The molecule has 20 nitrogen and oxygen atoms in total. The van der Waals surface area contributed by atoms with Gasteiger partial charge in [-0.3, -0.25) is 0 Å². The first kappa shape index (κ1) is 93.1. The van der Waals surface area contributed by atoms with Crippen LogP contribution in [-0.4, -0.2) is 101 Å². The van der Waals surface area contributed by atoms with E-state index in [1.54, 1.807) is 133 Å². The zero-order chi connectivity index (χ0) is 82.0. The van der Waals surface area contributed by atoms with Gasteiger partial charge in [-0.2, -0.15) is 0 Å². The number of carbonyl (C=O) groups excluding carboxylic acids is 8. The molecule has 0 aliphatic carbocycles. The summed E-state index contributed by atoms with van der Waals surface area (Å²) in [7, 11) is 0. The van der Waals surface area contributed by atoms with Crippen molar-refractivity contribution >= 4 is 47.8 Å². The normalized spacial score (nSPS) is 10.8. The number of aryl methyl sites for hydroxylation is 2. The number of unbranched alkanes of at least 4 members (excludes halogenated alkanes) is 28. The van der Waals surface area contributed by atoms with Crippen LogP contribution in [0.25, 0.3) is 0 Å². The highest BCUT2D eigenvalue weighted by Crippen LogP contribution is 2.32. The second-order valence-corrected chi connectivity index (χ2v) is 28.2. The Morgan fingerprint density at radius 1 is 0.217 bits per heavy atom. The molecule has 620 valence electrons. The summed E-state index contributed by atoms with van der Waals surface area (Å²) in [5, 5.41) is 0. The van der Waals surface area contributed by atoms with Crippen molar-refractivity contribution in [3.63, 3.8) is 0 Å². The Labute approximate surface area is 680 Å². The quantitative estimate of drug-likeness (QED) is 0.0113. The molecule has 0 aliphatic heterocycles. The van der Waals surface area contributed by atoms with Gasteiger partial charge in [0.25, 0.3) is 0 Å². The minimum Gasteiger partial charge on any atom is -0.494 e. The Kier molecular flexibility index (Phi) is 47.1. The van der Waals surface area contributed by atoms with Crippen molar-refractivity contribution in [1.29, 1.82) is 0 Å². The highest BCUT2D eigenvalue weighted by Gasteiger charge is 2.19. The van der Waals surface area contributed by atoms with Crippen molar-refractivity contribution in [3.05, 3.63) is 217 Å². The van der Waals surface area contributed by atoms with E-state index >= 15 is 0 Å². The van der Waals surface area contributed by atoms with E-state index in [0.29, 0.717) is 146 Å². The molecule has 0 heterocycles. The van der Waals surface area contributed by atoms with Crippen LogP contribution < -0.4 is 37.9 Å². The first-order valence-electron chi connectivity index (χ1n) is 41.5. The SMILES string of the molecule is C=CC(=O)OCCCCCCCCCOc1ccc(C(=O)Oc2ccc(OC(=O)c3ccc(OCCCCCCCCCOC(=O)C=C)cc3)c(CCCCCCCc3cc(OC(=O)c4ccc(OCCCCCCCCCOC(=O)C=C)cc4)ccc3OC(=O)c3ccc(OCCCCCCCCCOC(=O)C=C)cc3)c2)cc1. The van der Waals surface area contributed by atoms with Crippen LogP contribution in [0.1, 0.15) is 264 Å². The number of rotatable bonds is 64. The highest BCUT2D eigenvalue weighted by atomic mass is 16.6. The molecule has 20 heteroatoms. The molecule has 0 radical (unpaired) electrons. The maximum Gasteiger partial charge on any atom is 0.343 e. The zero-order valence-electron chi connectivity index (χ0n) is 67.4. The van der Waals surface area contributed by atoms with Gasteiger partial charge in [-0.25, -0.2) is 38.4 Å². The third kappa shape index (κ3) is 40.7. The molecule has 0 bridgehead atoms. The largest absolute Gasteiger partial charge is 0.494 e. The third-order valence-corrected chi connectivity index (χ3v) is 19.0. The van der Waals surface area contributed by atoms with E-state index in [2.05, 4.69) is 26.3 Å². The molecule has 0 aliphatic rings. The first-order chi connectivity index (χ1) is 56.2. The summed E-state index contributed by atoms with van der Waals surface area (Å²) in [5.74, 6) is 0.00482. The maximum atomic E-state index is 13.8. The topological polar surface area (TPSA) is 247 Å². The van der Waals surface area contributed by atoms with Gasteiger partial charge in [-0.15, -0.1) is 0 Å². The fourth-order valence-electron chi connectivity index (χ4n) is 12.4. The molecule has 6 aromatic rings. The number of benzene rings is 6. The molecule has 0 saturated carbocycles. The lowest BCUT2D eigenvalue weighted by molar-refractivity contribution is -0.138. The lowest BCUT2D eigenvalue weighted by atomic mass is 10.0. The van der Waals surface area contributed by atoms with Crippen molar-refractivity contribution in [2.24, 2.45) is 0 Å². The van der Waals surface area contributed by atoms with E-state index in [4.69, 9.17) is 56.8 Å². The summed E-state index contributed by atoms with van der Waals surface area (Å²) in [6.07, 6.45) is 37.4. The first-order valence-corrected chi connectivity index (χ1v) is 41.5. The summed E-state index contributed by atoms with van der Waals surface area (Å²) in [5.41, 5.74) is 2.70. The predicted molar refractivity (Wildman–Crippen MR) is 445 cm³/mol. The lowest BCUT2D eigenvalue weighted by Gasteiger charge is -2.14. The molecule has 6 aromatic carbocycles. The van der Waals surface area contributed by atoms with E-state index in [-0.39, 0.29) is 11.5 Å². The van der Waals surface area contributed by atoms with Crippen LogP contribution in [0.5, 0.6) is 46.0 Å². The molecule has 0 atom stereocenters. The average Bonchev–Trinajstić information content (AvgIpc) is 0.838. The predicted octanol–water partition coefficient (Wildman–Crippen LogP) is 21.7. The monoisotopic (exact) mass is 1580 g/mol. The molecule has 0 fully saturated rings. The van der Waals surface area contributed by atoms with Crippen LogP contribution in [0.15, 0.2) is 184 Å². The molecule has 0 spiro atoms. The van der Waals surface area contributed by atoms with Crippen LogP contribution in [0.3, 0.4) is 0 Å². The van der Waals surface area contributed by atoms with Gasteiger partial charge >= 0.3 is 47.8 Å². The third-order valence-electron chi connectivity index (χ3n) is 19.0. The fraction of sp³-hybridized carbons (Fsp3) is 0.453. The molecule has 0 aromatic heterocycles. The average molecular weight is 1580 g/mol. The second-order valence-electron chi connectivity index (χ2n) is 28.2. The van der Waals surface area contributed by atoms with Crippen LogP contribution >= 0.6 is 0 Å². The lowest BCUT2D eigenvalue weighted by Crippen LogP contribution is -2.11. The summed E-state index contributed by atoms with van der Waals surface area (Å²) in [6.45, 7) is 17.5. The van der Waals surface area contributed by atoms with Crippen LogP contribution in [-0.2, 0) is 51.0 Å². The Balaban J connectivity index is 1.04. The molecule has 0 saturated heterocycles. The van der Waals surface area contributed by atoms with Gasteiger partial charge in [0, 0.05) is 24.3 Å². The van der Waals surface area contributed by atoms with Gasteiger partial charge in [0.2, 0.25) is 0 Å². The van der Waals surface area contributed by atoms with Crippen LogP contribution in [0.4, 0.5) is 0 Å². The number of hydrogen-bond acceptors (Lipinski definition) is 20. The number of hydrogen-bond donors (Lipinski definition) is 0. The van der Waals surface area contributed by atoms with Gasteiger partial charge in [0.1, 0.15) is 46.0 Å². The number of esters is 8. The molecular weight excluding hydrogens is 1460 g/mol. The smallest absolute Gasteiger partial charge is 0.343 e. The minimum absolute atomic E-state index is 0.287. The maximum absolute atomic E-state index is 13.8. The molecule has 0 unspecified atom stereocenters. The van der Waals surface area contributed by atoms with Crippen molar-refractivity contribution in [1.82, 2.24) is 0 Å². The Hall–Kier alpha value is -10.8. The molecular formula is C95H120O20. The number of carbonyl (C=O) groups is 8. The molecule has 0 N–H and O–H groups in total. The van der Waals surface area contributed by atoms with Gasteiger partial charge in [-0.05, 0) is 222 Å². The van der Waals surface area contributed by atoms with E-state index in [9.17, 15) is 38.4 Å². The van der Waals surface area contributed by atoms with Crippen molar-refractivity contribution in [3.8, 4) is 46.0 Å². The standard InChI is InChI=1S/C95H120O20/c1-5-88(96)108-68-38-28-17-9-13-24-34-64-104-80-52-44-74(45-53-80)92(100)112-84-60-62-86(114-94(102)76-48-56-82(57-49-76)106-66-36-26-15-11-19-30-40-70-110-90(98)7-3)78(72-84)42-32-22-21-23-33-43-79-73-85(113-93(101)75-46-54-81(55-47-75)105-65-35-25-14-10-18-29-39-69-109-89(97)6-2)61-63-87(79)115-95(103)77-50-58-83(59-51-77)107-67-37-27-16-12-20-31-41-71-111-91(99)8-4/h5-8,44-63,72-73H,1-4,9-43,64-71H2. The van der Waals surface area contributed by atoms with Gasteiger partial charge in [-0.1, -0.05) is 174 Å². The van der Waals surface area contributed by atoms with E-state index < -0.39 is 47.8 Å². The van der Waals surface area contributed by atoms with Crippen molar-refractivity contribution in [2.75, 3.05) is 52.9 Å². The Bertz CT molecular complexity index is 3630. The fourth-order valence-corrected chi connectivity index (χ4v) is 12.4. The molecule has 6 rings (SSSR count). The minimum atomic E-state index is -0.561. The van der Waals surface area contributed by atoms with E-state index in [0.717, 1.165) is 199 Å². The zero-order valence-corrected chi connectivity index (χ0v) is 67.4. The molecule has 115 heavy (non-hydrogen) atoms. The summed E-state index contributed by atoms with van der Waals surface area (Å²) in [4.78, 5) is 99.9.